The molecule has 0 bridgehead atoms. The van der Waals surface area contributed by atoms with Crippen molar-refractivity contribution >= 4 is 34.7 Å². The van der Waals surface area contributed by atoms with Crippen LogP contribution in [-0.2, 0) is 17.8 Å². The summed E-state index contributed by atoms with van der Waals surface area (Å²) in [7, 11) is 1.59. The Kier molecular flexibility index (Phi) is 5.99. The van der Waals surface area contributed by atoms with Crippen LogP contribution in [0.3, 0.4) is 0 Å². The zero-order valence-electron chi connectivity index (χ0n) is 17.1. The summed E-state index contributed by atoms with van der Waals surface area (Å²) in [5.74, 6) is 1.29. The molecule has 3 heterocycles. The first-order valence-corrected chi connectivity index (χ1v) is 10.6. The van der Waals surface area contributed by atoms with Crippen LogP contribution in [0.25, 0.3) is 5.78 Å². The molecule has 160 valence electrons. The van der Waals surface area contributed by atoms with E-state index in [1.165, 1.54) is 4.52 Å². The number of aromatic nitrogens is 4. The fraction of sp³-hybridized carbons (Fsp3) is 0.238. The molecule has 31 heavy (non-hydrogen) atoms. The molecule has 0 aliphatic heterocycles. The van der Waals surface area contributed by atoms with Crippen LogP contribution in [0.15, 0.2) is 46.6 Å². The van der Waals surface area contributed by atoms with Gasteiger partial charge in [0, 0.05) is 22.5 Å². The van der Waals surface area contributed by atoms with Crippen LogP contribution in [0.2, 0.25) is 0 Å². The van der Waals surface area contributed by atoms with Crippen LogP contribution in [0.4, 0.5) is 11.6 Å². The third kappa shape index (κ3) is 4.75. The smallest absolute Gasteiger partial charge is 0.277 e. The first-order valence-electron chi connectivity index (χ1n) is 9.72. The van der Waals surface area contributed by atoms with Crippen molar-refractivity contribution in [3.8, 4) is 5.75 Å². The minimum Gasteiger partial charge on any atom is -0.497 e. The SMILES string of the molecule is COc1ccc(NC(=O)CCc2c(C)nc3nc(NCc4cccs4)[nH]n3c2=O)cc1. The molecule has 0 atom stereocenters. The lowest BCUT2D eigenvalue weighted by Crippen LogP contribution is -2.23. The number of methoxy groups -OCH3 is 1. The molecule has 4 aromatic rings. The van der Waals surface area contributed by atoms with Gasteiger partial charge < -0.3 is 15.4 Å². The fourth-order valence-electron chi connectivity index (χ4n) is 3.14. The number of ether oxygens (including phenoxy) is 1. The maximum atomic E-state index is 12.9. The summed E-state index contributed by atoms with van der Waals surface area (Å²) in [5.41, 5.74) is 1.47. The molecule has 0 aliphatic rings. The first kappa shape index (κ1) is 20.6. The number of aryl methyl sites for hydroxylation is 1. The van der Waals surface area contributed by atoms with Crippen LogP contribution < -0.4 is 20.9 Å². The fourth-order valence-corrected chi connectivity index (χ4v) is 3.79. The lowest BCUT2D eigenvalue weighted by atomic mass is 10.1. The summed E-state index contributed by atoms with van der Waals surface area (Å²) in [5, 5.41) is 10.9. The van der Waals surface area contributed by atoms with E-state index >= 15 is 0 Å². The van der Waals surface area contributed by atoms with Gasteiger partial charge >= 0.3 is 0 Å². The summed E-state index contributed by atoms with van der Waals surface area (Å²) >= 11 is 1.64. The number of hydrogen-bond donors (Lipinski definition) is 3. The first-order chi connectivity index (χ1) is 15.0. The molecule has 9 nitrogen and oxygen atoms in total. The Hall–Kier alpha value is -3.66. The zero-order valence-corrected chi connectivity index (χ0v) is 18.0. The standard InChI is InChI=1S/C21H22N6O3S/c1-13-17(9-10-18(28)24-14-5-7-15(30-2)8-6-14)19(29)27-21(23-13)25-20(26-27)22-12-16-4-3-11-31-16/h3-8,11H,9-10,12H2,1-2H3,(H,24,28)(H2,22,23,25,26). The molecule has 0 unspecified atom stereocenters. The molecule has 0 saturated heterocycles. The minimum absolute atomic E-state index is 0.160. The zero-order chi connectivity index (χ0) is 21.8. The molecule has 0 aliphatic carbocycles. The second-order valence-corrected chi connectivity index (χ2v) is 7.93. The quantitative estimate of drug-likeness (QED) is 0.390. The van der Waals surface area contributed by atoms with Gasteiger partial charge in [-0.15, -0.1) is 11.3 Å². The lowest BCUT2D eigenvalue weighted by Gasteiger charge is -2.07. The third-order valence-electron chi connectivity index (χ3n) is 4.78. The van der Waals surface area contributed by atoms with Gasteiger partial charge in [-0.3, -0.25) is 14.7 Å². The second kappa shape index (κ2) is 9.00. The maximum absolute atomic E-state index is 12.9. The van der Waals surface area contributed by atoms with Gasteiger partial charge in [0.15, 0.2) is 0 Å². The number of thiophene rings is 1. The highest BCUT2D eigenvalue weighted by Crippen LogP contribution is 2.16. The number of carbonyl (C=O) groups excluding carboxylic acids is 1. The number of nitrogens with zero attached hydrogens (tertiary/aromatic N) is 3. The number of amides is 1. The van der Waals surface area contributed by atoms with Crippen molar-refractivity contribution in [1.82, 2.24) is 19.6 Å². The van der Waals surface area contributed by atoms with E-state index in [-0.39, 0.29) is 24.3 Å². The normalized spacial score (nSPS) is 10.9. The van der Waals surface area contributed by atoms with Crippen LogP contribution >= 0.6 is 11.3 Å². The average molecular weight is 439 g/mol. The number of anilines is 2. The molecule has 1 amide bonds. The largest absolute Gasteiger partial charge is 0.497 e. The molecule has 0 spiro atoms. The monoisotopic (exact) mass is 438 g/mol. The third-order valence-corrected chi connectivity index (χ3v) is 5.66. The van der Waals surface area contributed by atoms with E-state index in [2.05, 4.69) is 25.7 Å². The van der Waals surface area contributed by atoms with E-state index in [1.807, 2.05) is 17.5 Å². The Morgan fingerprint density at radius 1 is 1.23 bits per heavy atom. The van der Waals surface area contributed by atoms with Gasteiger partial charge in [-0.1, -0.05) is 6.07 Å². The lowest BCUT2D eigenvalue weighted by molar-refractivity contribution is -0.116. The van der Waals surface area contributed by atoms with Crippen LogP contribution in [0, 0.1) is 6.92 Å². The summed E-state index contributed by atoms with van der Waals surface area (Å²) in [6.45, 7) is 2.36. The molecular formula is C21H22N6O3S. The van der Waals surface area contributed by atoms with Crippen LogP contribution in [0.5, 0.6) is 5.75 Å². The number of hydrogen-bond acceptors (Lipinski definition) is 7. The van der Waals surface area contributed by atoms with Crippen molar-refractivity contribution in [1.29, 1.82) is 0 Å². The topological polar surface area (TPSA) is 113 Å². The second-order valence-electron chi connectivity index (χ2n) is 6.90. The number of carbonyl (C=O) groups is 1. The highest BCUT2D eigenvalue weighted by molar-refractivity contribution is 7.09. The van der Waals surface area contributed by atoms with E-state index in [0.29, 0.717) is 41.0 Å². The van der Waals surface area contributed by atoms with Crippen molar-refractivity contribution in [2.24, 2.45) is 0 Å². The van der Waals surface area contributed by atoms with E-state index < -0.39 is 0 Å². The average Bonchev–Trinajstić information content (AvgIpc) is 3.42. The Morgan fingerprint density at radius 2 is 2.03 bits per heavy atom. The van der Waals surface area contributed by atoms with Crippen molar-refractivity contribution in [3.63, 3.8) is 0 Å². The van der Waals surface area contributed by atoms with Crippen molar-refractivity contribution in [2.45, 2.75) is 26.3 Å². The van der Waals surface area contributed by atoms with Gasteiger partial charge in [-0.05, 0) is 49.1 Å². The summed E-state index contributed by atoms with van der Waals surface area (Å²) in [6, 6.07) is 11.1. The summed E-state index contributed by atoms with van der Waals surface area (Å²) < 4.78 is 6.41. The van der Waals surface area contributed by atoms with Crippen LogP contribution in [-0.4, -0.2) is 32.6 Å². The van der Waals surface area contributed by atoms with Crippen molar-refractivity contribution in [2.75, 3.05) is 17.7 Å². The number of nitrogens with one attached hydrogen (secondary N) is 3. The number of benzene rings is 1. The van der Waals surface area contributed by atoms with Crippen molar-refractivity contribution in [3.05, 3.63) is 68.3 Å². The van der Waals surface area contributed by atoms with Gasteiger partial charge in [0.05, 0.1) is 19.3 Å². The van der Waals surface area contributed by atoms with Gasteiger partial charge in [0.1, 0.15) is 5.75 Å². The van der Waals surface area contributed by atoms with E-state index in [0.717, 1.165) is 4.88 Å². The molecule has 3 N–H and O–H groups in total. The molecule has 0 fully saturated rings. The predicted molar refractivity (Wildman–Crippen MR) is 120 cm³/mol. The molecule has 0 saturated carbocycles. The van der Waals surface area contributed by atoms with E-state index in [4.69, 9.17) is 4.74 Å². The highest BCUT2D eigenvalue weighted by Gasteiger charge is 2.15. The molecule has 10 heteroatoms. The van der Waals surface area contributed by atoms with E-state index in [1.54, 1.807) is 49.6 Å². The molecular weight excluding hydrogens is 416 g/mol. The molecule has 3 aromatic heterocycles. The number of fused-ring (bicyclic) bond motifs is 1. The molecule has 1 aromatic carbocycles. The summed E-state index contributed by atoms with van der Waals surface area (Å²) in [6.07, 6.45) is 0.438. The van der Waals surface area contributed by atoms with Crippen LogP contribution in [0.1, 0.15) is 22.6 Å². The Labute approximate surface area is 182 Å². The van der Waals surface area contributed by atoms with Crippen molar-refractivity contribution < 1.29 is 9.53 Å². The Balaban J connectivity index is 1.44. The Morgan fingerprint density at radius 3 is 2.74 bits per heavy atom. The number of H-pyrrole nitrogens is 1. The number of rotatable bonds is 8. The maximum Gasteiger partial charge on any atom is 0.277 e. The highest BCUT2D eigenvalue weighted by atomic mass is 32.1. The predicted octanol–water partition coefficient (Wildman–Crippen LogP) is 2.98. The van der Waals surface area contributed by atoms with E-state index in [9.17, 15) is 9.59 Å². The molecule has 0 radical (unpaired) electrons. The summed E-state index contributed by atoms with van der Waals surface area (Å²) in [4.78, 5) is 35.2. The van der Waals surface area contributed by atoms with Gasteiger partial charge in [-0.2, -0.15) is 9.50 Å². The Bertz CT molecular complexity index is 1240. The van der Waals surface area contributed by atoms with Gasteiger partial charge in [0.25, 0.3) is 11.3 Å². The number of aromatic amines is 1. The van der Waals surface area contributed by atoms with Gasteiger partial charge in [-0.25, -0.2) is 4.98 Å². The molecule has 4 rings (SSSR count). The van der Waals surface area contributed by atoms with Gasteiger partial charge in [0.2, 0.25) is 11.9 Å². The minimum atomic E-state index is -0.253.